The van der Waals surface area contributed by atoms with Gasteiger partial charge in [-0.3, -0.25) is 4.84 Å². The topological polar surface area (TPSA) is 72.8 Å². The quantitative estimate of drug-likeness (QED) is 0.569. The SMILES string of the molecule is CCCC[N+]1(OC(=O)c2ccccc2)C(C)(C)CC(OC(=O)O)CC1(C)C. The molecule has 1 aromatic rings. The Hall–Kier alpha value is -2.08. The molecule has 1 fully saturated rings. The molecule has 0 spiro atoms. The highest BCUT2D eigenvalue weighted by Gasteiger charge is 2.63. The third-order valence-corrected chi connectivity index (χ3v) is 5.75. The van der Waals surface area contributed by atoms with Crippen LogP contribution in [0.25, 0.3) is 0 Å². The van der Waals surface area contributed by atoms with Gasteiger partial charge in [0.2, 0.25) is 0 Å². The first kappa shape index (κ1) is 21.2. The highest BCUT2D eigenvalue weighted by molar-refractivity contribution is 5.88. The molecular formula is C21H32NO5+. The van der Waals surface area contributed by atoms with Crippen LogP contribution in [0.2, 0.25) is 0 Å². The van der Waals surface area contributed by atoms with Gasteiger partial charge >= 0.3 is 12.1 Å². The van der Waals surface area contributed by atoms with Crippen LogP contribution in [0.1, 0.15) is 70.7 Å². The van der Waals surface area contributed by atoms with Crippen molar-refractivity contribution < 1.29 is 28.9 Å². The Labute approximate surface area is 161 Å². The predicted octanol–water partition coefficient (Wildman–Crippen LogP) is 4.79. The third-order valence-electron chi connectivity index (χ3n) is 5.75. The van der Waals surface area contributed by atoms with Gasteiger partial charge in [-0.25, -0.2) is 9.59 Å². The van der Waals surface area contributed by atoms with Gasteiger partial charge in [0.1, 0.15) is 23.7 Å². The van der Waals surface area contributed by atoms with Crippen LogP contribution >= 0.6 is 0 Å². The second-order valence-electron chi connectivity index (χ2n) is 8.60. The summed E-state index contributed by atoms with van der Waals surface area (Å²) in [6.07, 6.45) is 1.18. The highest BCUT2D eigenvalue weighted by Crippen LogP contribution is 2.47. The maximum atomic E-state index is 13.0. The summed E-state index contributed by atoms with van der Waals surface area (Å²) in [5.41, 5.74) is -0.481. The molecule has 6 heteroatoms. The zero-order chi connectivity index (χ0) is 20.3. The molecule has 1 N–H and O–H groups in total. The molecule has 6 nitrogen and oxygen atoms in total. The van der Waals surface area contributed by atoms with Gasteiger partial charge in [0, 0.05) is 19.3 Å². The number of carbonyl (C=O) groups is 2. The van der Waals surface area contributed by atoms with E-state index in [1.54, 1.807) is 12.1 Å². The van der Waals surface area contributed by atoms with Crippen LogP contribution in [0.3, 0.4) is 0 Å². The van der Waals surface area contributed by atoms with E-state index in [2.05, 4.69) is 6.92 Å². The number of likely N-dealkylation sites (tertiary alicyclic amines) is 1. The van der Waals surface area contributed by atoms with Crippen molar-refractivity contribution in [3.8, 4) is 0 Å². The number of carboxylic acid groups (broad SMARTS) is 1. The molecule has 1 saturated heterocycles. The van der Waals surface area contributed by atoms with Crippen molar-refractivity contribution in [2.75, 3.05) is 6.54 Å². The normalized spacial score (nSPS) is 26.2. The molecule has 1 aliphatic rings. The summed E-state index contributed by atoms with van der Waals surface area (Å²) in [7, 11) is 0. The van der Waals surface area contributed by atoms with Gasteiger partial charge in [-0.05, 0) is 39.8 Å². The second kappa shape index (κ2) is 7.89. The Bertz CT molecular complexity index is 650. The van der Waals surface area contributed by atoms with E-state index in [0.717, 1.165) is 12.8 Å². The summed E-state index contributed by atoms with van der Waals surface area (Å²) in [5.74, 6) is -0.356. The summed E-state index contributed by atoms with van der Waals surface area (Å²) in [4.78, 5) is 30.3. The van der Waals surface area contributed by atoms with Gasteiger partial charge in [0.05, 0.1) is 5.56 Å². The van der Waals surface area contributed by atoms with Crippen molar-refractivity contribution in [1.82, 2.24) is 0 Å². The fraction of sp³-hybridized carbons (Fsp3) is 0.619. The number of benzene rings is 1. The lowest BCUT2D eigenvalue weighted by atomic mass is 9.77. The standard InChI is InChI=1S/C21H31NO5/c1-6-7-13-22(27-18(23)16-11-9-8-10-12-16)20(2,3)14-17(26-19(24)25)15-21(22,4)5/h8-12,17H,6-7,13-15H2,1-5H3/p+1. The van der Waals surface area contributed by atoms with Crippen LogP contribution < -0.4 is 0 Å². The van der Waals surface area contributed by atoms with E-state index in [0.29, 0.717) is 24.9 Å². The lowest BCUT2D eigenvalue weighted by Gasteiger charge is -2.58. The number of carbonyl (C=O) groups excluding carboxylic acids is 1. The summed E-state index contributed by atoms with van der Waals surface area (Å²) < 4.78 is 5.27. The average Bonchev–Trinajstić information content (AvgIpc) is 2.56. The van der Waals surface area contributed by atoms with E-state index in [1.807, 2.05) is 45.9 Å². The molecule has 0 bridgehead atoms. The average molecular weight is 378 g/mol. The maximum Gasteiger partial charge on any atom is 0.506 e. The van der Waals surface area contributed by atoms with Crippen LogP contribution in [0.4, 0.5) is 4.79 Å². The number of quaternary nitrogens is 1. The molecule has 1 heterocycles. The van der Waals surface area contributed by atoms with E-state index in [9.17, 15) is 9.59 Å². The van der Waals surface area contributed by atoms with E-state index in [4.69, 9.17) is 14.7 Å². The zero-order valence-electron chi connectivity index (χ0n) is 17.0. The van der Waals surface area contributed by atoms with Gasteiger partial charge in [-0.15, -0.1) is 4.65 Å². The minimum atomic E-state index is -1.26. The maximum absolute atomic E-state index is 13.0. The number of ether oxygens (including phenoxy) is 1. The number of hydroxylamine groups is 3. The highest BCUT2D eigenvalue weighted by atomic mass is 16.8. The second-order valence-corrected chi connectivity index (χ2v) is 8.60. The van der Waals surface area contributed by atoms with Gasteiger partial charge < -0.3 is 9.84 Å². The molecule has 27 heavy (non-hydrogen) atoms. The largest absolute Gasteiger partial charge is 0.506 e. The summed E-state index contributed by atoms with van der Waals surface area (Å²) >= 11 is 0. The molecule has 150 valence electrons. The molecule has 0 radical (unpaired) electrons. The zero-order valence-corrected chi connectivity index (χ0v) is 17.0. The summed E-state index contributed by atoms with van der Waals surface area (Å²) in [6.45, 7) is 10.9. The van der Waals surface area contributed by atoms with E-state index < -0.39 is 23.3 Å². The predicted molar refractivity (Wildman–Crippen MR) is 102 cm³/mol. The molecule has 0 saturated carbocycles. The molecule has 2 rings (SSSR count). The van der Waals surface area contributed by atoms with Crippen molar-refractivity contribution in [3.05, 3.63) is 35.9 Å². The molecule has 0 aliphatic carbocycles. The van der Waals surface area contributed by atoms with Gasteiger partial charge in [0.15, 0.2) is 0 Å². The molecule has 0 atom stereocenters. The lowest BCUT2D eigenvalue weighted by Crippen LogP contribution is -2.75. The van der Waals surface area contributed by atoms with E-state index >= 15 is 0 Å². The smallest absolute Gasteiger partial charge is 0.450 e. The Morgan fingerprint density at radius 1 is 1.11 bits per heavy atom. The number of rotatable bonds is 6. The summed E-state index contributed by atoms with van der Waals surface area (Å²) in [6, 6.07) is 8.99. The number of piperidine rings is 1. The number of unbranched alkanes of at least 4 members (excludes halogenated alkanes) is 1. The Kier molecular flexibility index (Phi) is 6.20. The molecule has 1 aliphatic heterocycles. The first-order valence-electron chi connectivity index (χ1n) is 9.61. The fourth-order valence-electron chi connectivity index (χ4n) is 4.57. The van der Waals surface area contributed by atoms with Gasteiger partial charge in [-0.2, -0.15) is 0 Å². The lowest BCUT2D eigenvalue weighted by molar-refractivity contribution is -1.16. The van der Waals surface area contributed by atoms with Crippen LogP contribution in [0.5, 0.6) is 0 Å². The molecule has 1 aromatic carbocycles. The molecule has 0 amide bonds. The van der Waals surface area contributed by atoms with Crippen molar-refractivity contribution in [2.24, 2.45) is 0 Å². The van der Waals surface area contributed by atoms with Crippen molar-refractivity contribution >= 4 is 12.1 Å². The minimum Gasteiger partial charge on any atom is -0.450 e. The Morgan fingerprint density at radius 3 is 2.15 bits per heavy atom. The Balaban J connectivity index is 2.41. The van der Waals surface area contributed by atoms with Crippen molar-refractivity contribution in [1.29, 1.82) is 0 Å². The van der Waals surface area contributed by atoms with E-state index in [-0.39, 0.29) is 10.6 Å². The summed E-state index contributed by atoms with van der Waals surface area (Å²) in [5, 5.41) is 9.06. The van der Waals surface area contributed by atoms with Crippen molar-refractivity contribution in [2.45, 2.75) is 77.5 Å². The number of hydrogen-bond donors (Lipinski definition) is 1. The monoisotopic (exact) mass is 378 g/mol. The first-order valence-corrected chi connectivity index (χ1v) is 9.61. The van der Waals surface area contributed by atoms with E-state index in [1.165, 1.54) is 0 Å². The molecule has 0 aromatic heterocycles. The fourth-order valence-corrected chi connectivity index (χ4v) is 4.57. The van der Waals surface area contributed by atoms with Gasteiger partial charge in [0.25, 0.3) is 0 Å². The van der Waals surface area contributed by atoms with Crippen LogP contribution in [0, 0.1) is 0 Å². The van der Waals surface area contributed by atoms with Crippen molar-refractivity contribution in [3.63, 3.8) is 0 Å². The molecule has 0 unspecified atom stereocenters. The minimum absolute atomic E-state index is 0.154. The van der Waals surface area contributed by atoms with Gasteiger partial charge in [-0.1, -0.05) is 31.5 Å². The Morgan fingerprint density at radius 2 is 1.67 bits per heavy atom. The third kappa shape index (κ3) is 4.26. The van der Waals surface area contributed by atoms with Crippen LogP contribution in [0.15, 0.2) is 30.3 Å². The van der Waals surface area contributed by atoms with Crippen LogP contribution in [-0.2, 0) is 9.57 Å². The first-order chi connectivity index (χ1) is 12.5. The number of nitrogens with zero attached hydrogens (tertiary/aromatic N) is 1. The molecular weight excluding hydrogens is 346 g/mol. The number of hydrogen-bond acceptors (Lipinski definition) is 4. The van der Waals surface area contributed by atoms with Crippen LogP contribution in [-0.4, -0.2) is 45.6 Å².